The van der Waals surface area contributed by atoms with Gasteiger partial charge in [-0.2, -0.15) is 0 Å². The first kappa shape index (κ1) is 13.0. The average molecular weight is 262 g/mol. The van der Waals surface area contributed by atoms with Gasteiger partial charge >= 0.3 is 0 Å². The number of hydrogen-bond acceptors (Lipinski definition) is 5. The van der Waals surface area contributed by atoms with Crippen molar-refractivity contribution < 1.29 is 0 Å². The Hall–Kier alpha value is -1.49. The van der Waals surface area contributed by atoms with Gasteiger partial charge in [0.2, 0.25) is 5.13 Å². The molecule has 0 spiro atoms. The summed E-state index contributed by atoms with van der Waals surface area (Å²) in [5.41, 5.74) is 3.89. The Kier molecular flexibility index (Phi) is 3.34. The lowest BCUT2D eigenvalue weighted by Gasteiger charge is -2.23. The molecular formula is C13H18N4S. The summed E-state index contributed by atoms with van der Waals surface area (Å²) in [6.45, 7) is 8.79. The van der Waals surface area contributed by atoms with E-state index in [-0.39, 0.29) is 5.41 Å². The quantitative estimate of drug-likeness (QED) is 0.832. The van der Waals surface area contributed by atoms with Gasteiger partial charge in [-0.3, -0.25) is 0 Å². The van der Waals surface area contributed by atoms with Crippen molar-refractivity contribution >= 4 is 22.4 Å². The number of hydrogen-bond donors (Lipinski definition) is 0. The maximum atomic E-state index is 3.99. The third kappa shape index (κ3) is 2.51. The summed E-state index contributed by atoms with van der Waals surface area (Å²) in [6, 6.07) is 6.55. The first-order valence-electron chi connectivity index (χ1n) is 5.89. The lowest BCUT2D eigenvalue weighted by atomic mass is 9.86. The van der Waals surface area contributed by atoms with E-state index < -0.39 is 0 Å². The van der Waals surface area contributed by atoms with E-state index in [9.17, 15) is 0 Å². The van der Waals surface area contributed by atoms with Gasteiger partial charge < -0.3 is 4.90 Å². The number of benzene rings is 1. The molecule has 5 heteroatoms. The summed E-state index contributed by atoms with van der Waals surface area (Å²) < 4.78 is 3.79. The van der Waals surface area contributed by atoms with Crippen LogP contribution in [-0.2, 0) is 5.41 Å². The summed E-state index contributed by atoms with van der Waals surface area (Å²) in [4.78, 5) is 2.02. The third-order valence-corrected chi connectivity index (χ3v) is 3.67. The van der Waals surface area contributed by atoms with Crippen molar-refractivity contribution in [2.45, 2.75) is 33.1 Å². The van der Waals surface area contributed by atoms with Crippen molar-refractivity contribution in [3.8, 4) is 0 Å². The molecule has 4 nitrogen and oxygen atoms in total. The van der Waals surface area contributed by atoms with E-state index in [0.717, 1.165) is 10.8 Å². The summed E-state index contributed by atoms with van der Waals surface area (Å²) in [5.74, 6) is 0. The van der Waals surface area contributed by atoms with Crippen molar-refractivity contribution in [1.82, 2.24) is 14.8 Å². The van der Waals surface area contributed by atoms with Crippen molar-refractivity contribution in [3.63, 3.8) is 0 Å². The Morgan fingerprint density at radius 2 is 1.94 bits per heavy atom. The largest absolute Gasteiger partial charge is 0.318 e. The van der Waals surface area contributed by atoms with Crippen molar-refractivity contribution in [2.24, 2.45) is 0 Å². The predicted octanol–water partition coefficient (Wildman–Crippen LogP) is 3.31. The molecule has 0 aliphatic carbocycles. The molecule has 0 aliphatic heterocycles. The molecule has 1 aromatic carbocycles. The SMILES string of the molecule is Cc1cc(C(C)(C)C)ccc1N(C)c1nnns1. The van der Waals surface area contributed by atoms with Crippen LogP contribution in [0.15, 0.2) is 18.2 Å². The monoisotopic (exact) mass is 262 g/mol. The van der Waals surface area contributed by atoms with Gasteiger partial charge in [-0.25, -0.2) is 0 Å². The Morgan fingerprint density at radius 3 is 2.44 bits per heavy atom. The standard InChI is InChI=1S/C13H18N4S/c1-9-8-10(13(2,3)4)6-7-11(9)17(5)12-14-15-16-18-12/h6-8H,1-5H3. The Balaban J connectivity index is 2.36. The maximum absolute atomic E-state index is 3.99. The lowest BCUT2D eigenvalue weighted by Crippen LogP contribution is -2.14. The lowest BCUT2D eigenvalue weighted by molar-refractivity contribution is 0.590. The van der Waals surface area contributed by atoms with Crippen LogP contribution < -0.4 is 4.90 Å². The second kappa shape index (κ2) is 4.65. The Labute approximate surface area is 112 Å². The van der Waals surface area contributed by atoms with Gasteiger partial charge in [0.15, 0.2) is 0 Å². The van der Waals surface area contributed by atoms with Gasteiger partial charge in [-0.15, -0.1) is 0 Å². The van der Waals surface area contributed by atoms with Crippen LogP contribution in [0.2, 0.25) is 0 Å². The van der Waals surface area contributed by atoms with Gasteiger partial charge in [0.1, 0.15) is 0 Å². The molecule has 0 fully saturated rings. The highest BCUT2D eigenvalue weighted by atomic mass is 32.1. The van der Waals surface area contributed by atoms with Crippen LogP contribution in [0.25, 0.3) is 0 Å². The molecule has 0 atom stereocenters. The second-order valence-electron chi connectivity index (χ2n) is 5.46. The number of nitrogens with zero attached hydrogens (tertiary/aromatic N) is 4. The van der Waals surface area contributed by atoms with E-state index in [2.05, 4.69) is 60.7 Å². The van der Waals surface area contributed by atoms with E-state index in [1.54, 1.807) is 0 Å². The fourth-order valence-corrected chi connectivity index (χ4v) is 2.30. The summed E-state index contributed by atoms with van der Waals surface area (Å²) in [7, 11) is 1.99. The predicted molar refractivity (Wildman–Crippen MR) is 75.6 cm³/mol. The summed E-state index contributed by atoms with van der Waals surface area (Å²) in [6.07, 6.45) is 0. The zero-order chi connectivity index (χ0) is 13.3. The summed E-state index contributed by atoms with van der Waals surface area (Å²) in [5, 5.41) is 8.43. The van der Waals surface area contributed by atoms with Gasteiger partial charge in [0, 0.05) is 24.3 Å². The normalized spacial score (nSPS) is 11.6. The number of anilines is 2. The van der Waals surface area contributed by atoms with Gasteiger partial charge in [-0.05, 0) is 34.7 Å². The summed E-state index contributed by atoms with van der Waals surface area (Å²) >= 11 is 1.30. The van der Waals surface area contributed by atoms with E-state index in [4.69, 9.17) is 0 Å². The van der Waals surface area contributed by atoms with Crippen LogP contribution in [0.1, 0.15) is 31.9 Å². The number of aromatic nitrogens is 3. The molecule has 0 N–H and O–H groups in total. The first-order chi connectivity index (χ1) is 8.39. The van der Waals surface area contributed by atoms with E-state index >= 15 is 0 Å². The Bertz CT molecular complexity index is 528. The fraction of sp³-hybridized carbons (Fsp3) is 0.462. The van der Waals surface area contributed by atoms with Crippen LogP contribution in [0, 0.1) is 6.92 Å². The zero-order valence-electron chi connectivity index (χ0n) is 11.4. The maximum Gasteiger partial charge on any atom is 0.232 e. The topological polar surface area (TPSA) is 41.9 Å². The smallest absolute Gasteiger partial charge is 0.232 e. The highest BCUT2D eigenvalue weighted by Gasteiger charge is 2.16. The van der Waals surface area contributed by atoms with Gasteiger partial charge in [0.05, 0.1) is 0 Å². The van der Waals surface area contributed by atoms with Gasteiger partial charge in [0.25, 0.3) is 0 Å². The molecule has 2 rings (SSSR count). The molecule has 0 saturated heterocycles. The van der Waals surface area contributed by atoms with E-state index in [1.807, 2.05) is 11.9 Å². The fourth-order valence-electron chi connectivity index (χ4n) is 1.86. The van der Waals surface area contributed by atoms with Crippen LogP contribution in [-0.4, -0.2) is 21.8 Å². The molecule has 0 bridgehead atoms. The molecule has 0 unspecified atom stereocenters. The molecule has 0 aliphatic rings. The minimum atomic E-state index is 0.173. The highest BCUT2D eigenvalue weighted by molar-refractivity contribution is 7.09. The van der Waals surface area contributed by atoms with Crippen LogP contribution in [0.3, 0.4) is 0 Å². The second-order valence-corrected chi connectivity index (χ2v) is 6.17. The zero-order valence-corrected chi connectivity index (χ0v) is 12.2. The van der Waals surface area contributed by atoms with E-state index in [1.165, 1.54) is 22.7 Å². The van der Waals surface area contributed by atoms with Crippen molar-refractivity contribution in [3.05, 3.63) is 29.3 Å². The Morgan fingerprint density at radius 1 is 1.22 bits per heavy atom. The molecule has 18 heavy (non-hydrogen) atoms. The molecule has 0 saturated carbocycles. The molecular weight excluding hydrogens is 244 g/mol. The van der Waals surface area contributed by atoms with Crippen LogP contribution >= 0.6 is 11.5 Å². The average Bonchev–Trinajstić information content (AvgIpc) is 2.80. The number of rotatable bonds is 2. The third-order valence-electron chi connectivity index (χ3n) is 3.00. The molecule has 1 aromatic heterocycles. The molecule has 1 heterocycles. The van der Waals surface area contributed by atoms with E-state index in [0.29, 0.717) is 0 Å². The van der Waals surface area contributed by atoms with Crippen molar-refractivity contribution in [1.29, 1.82) is 0 Å². The van der Waals surface area contributed by atoms with Gasteiger partial charge in [-0.1, -0.05) is 42.5 Å². The molecule has 0 amide bonds. The first-order valence-corrected chi connectivity index (χ1v) is 6.67. The molecule has 0 radical (unpaired) electrons. The molecule has 96 valence electrons. The minimum Gasteiger partial charge on any atom is -0.318 e. The highest BCUT2D eigenvalue weighted by Crippen LogP contribution is 2.31. The van der Waals surface area contributed by atoms with Crippen LogP contribution in [0.5, 0.6) is 0 Å². The van der Waals surface area contributed by atoms with Crippen molar-refractivity contribution in [2.75, 3.05) is 11.9 Å². The molecule has 2 aromatic rings. The minimum absolute atomic E-state index is 0.173. The van der Waals surface area contributed by atoms with Crippen LogP contribution in [0.4, 0.5) is 10.8 Å². The number of aryl methyl sites for hydroxylation is 1.